The van der Waals surface area contributed by atoms with E-state index >= 15 is 0 Å². The molecule has 0 unspecified atom stereocenters. The van der Waals surface area contributed by atoms with Gasteiger partial charge in [0.2, 0.25) is 16.0 Å². The Kier molecular flexibility index (Phi) is 6.68. The van der Waals surface area contributed by atoms with Gasteiger partial charge in [0.05, 0.1) is 24.7 Å². The molecule has 2 aromatic rings. The molecule has 1 aliphatic heterocycles. The number of aromatic nitrogens is 3. The highest BCUT2D eigenvalue weighted by molar-refractivity contribution is 7.99. The summed E-state index contributed by atoms with van der Waals surface area (Å²) in [6.07, 6.45) is 0.469. The summed E-state index contributed by atoms with van der Waals surface area (Å²) in [5.41, 5.74) is 0.631. The van der Waals surface area contributed by atoms with Crippen LogP contribution in [0.3, 0.4) is 0 Å². The Hall–Kier alpha value is -1.69. The number of morpholine rings is 1. The van der Waals surface area contributed by atoms with Crippen molar-refractivity contribution in [1.29, 1.82) is 0 Å². The average Bonchev–Trinajstić information content (AvgIpc) is 3.10. The van der Waals surface area contributed by atoms with Gasteiger partial charge < -0.3 is 9.64 Å². The van der Waals surface area contributed by atoms with Crippen LogP contribution in [0, 0.1) is 5.82 Å². The van der Waals surface area contributed by atoms with Crippen LogP contribution in [0.1, 0.15) is 6.42 Å². The van der Waals surface area contributed by atoms with E-state index in [1.54, 1.807) is 12.1 Å². The molecule has 2 heterocycles. The predicted octanol–water partition coefficient (Wildman–Crippen LogP) is 1.27. The Labute approximate surface area is 162 Å². The lowest BCUT2D eigenvalue weighted by atomic mass is 10.3. The van der Waals surface area contributed by atoms with E-state index in [4.69, 9.17) is 4.74 Å². The molecular weight excluding hydrogens is 393 g/mol. The van der Waals surface area contributed by atoms with Gasteiger partial charge in [0.1, 0.15) is 5.82 Å². The smallest absolute Gasteiger partial charge is 0.232 e. The van der Waals surface area contributed by atoms with Crippen molar-refractivity contribution in [3.8, 4) is 5.69 Å². The second kappa shape index (κ2) is 9.00. The van der Waals surface area contributed by atoms with Crippen LogP contribution < -0.4 is 9.62 Å². The van der Waals surface area contributed by atoms with Gasteiger partial charge in [-0.3, -0.25) is 4.57 Å². The lowest BCUT2D eigenvalue weighted by Gasteiger charge is -2.27. The van der Waals surface area contributed by atoms with Crippen LogP contribution >= 0.6 is 11.8 Å². The first-order chi connectivity index (χ1) is 13.0. The summed E-state index contributed by atoms with van der Waals surface area (Å²) in [7, 11) is -1.83. The summed E-state index contributed by atoms with van der Waals surface area (Å²) < 4.78 is 46.3. The molecule has 0 atom stereocenters. The number of rotatable bonds is 8. The van der Waals surface area contributed by atoms with Gasteiger partial charge in [0.15, 0.2) is 5.16 Å². The molecule has 8 nitrogen and oxygen atoms in total. The van der Waals surface area contributed by atoms with Crippen molar-refractivity contribution in [1.82, 2.24) is 19.5 Å². The van der Waals surface area contributed by atoms with E-state index in [1.165, 1.54) is 30.9 Å². The summed E-state index contributed by atoms with van der Waals surface area (Å²) in [5, 5.41) is 9.16. The highest BCUT2D eigenvalue weighted by Crippen LogP contribution is 2.28. The lowest BCUT2D eigenvalue weighted by Crippen LogP contribution is -2.37. The number of halogens is 1. The number of thioether (sulfide) groups is 1. The van der Waals surface area contributed by atoms with Crippen LogP contribution in [0.4, 0.5) is 10.3 Å². The van der Waals surface area contributed by atoms with Gasteiger partial charge in [0.25, 0.3) is 0 Å². The number of anilines is 1. The first-order valence-corrected chi connectivity index (χ1v) is 11.2. The quantitative estimate of drug-likeness (QED) is 0.513. The minimum Gasteiger partial charge on any atom is -0.378 e. The molecule has 1 saturated heterocycles. The number of hydrogen-bond acceptors (Lipinski definition) is 7. The monoisotopic (exact) mass is 415 g/mol. The van der Waals surface area contributed by atoms with Gasteiger partial charge in [0, 0.05) is 18.8 Å². The van der Waals surface area contributed by atoms with Crippen LogP contribution in [-0.4, -0.2) is 68.0 Å². The summed E-state index contributed by atoms with van der Waals surface area (Å²) >= 11 is 1.40. The molecular formula is C16H22FN5O3S2. The summed E-state index contributed by atoms with van der Waals surface area (Å²) in [6.45, 7) is 2.55. The Bertz CT molecular complexity index is 869. The number of ether oxygens (including phenoxy) is 1. The third-order valence-electron chi connectivity index (χ3n) is 4.08. The number of sulfonamides is 1. The average molecular weight is 416 g/mol. The molecule has 0 spiro atoms. The van der Waals surface area contributed by atoms with Crippen molar-refractivity contribution in [3.63, 3.8) is 0 Å². The van der Waals surface area contributed by atoms with Gasteiger partial charge in [-0.15, -0.1) is 10.2 Å². The van der Waals surface area contributed by atoms with Crippen LogP contribution in [0.2, 0.25) is 0 Å². The highest BCUT2D eigenvalue weighted by Gasteiger charge is 2.22. The molecule has 0 saturated carbocycles. The van der Waals surface area contributed by atoms with Crippen molar-refractivity contribution in [2.24, 2.45) is 0 Å². The number of hydrogen-bond donors (Lipinski definition) is 1. The molecule has 0 amide bonds. The molecule has 1 aromatic carbocycles. The SMILES string of the molecule is CNS(=O)(=O)CCCSc1nnc(N2CCOCC2)n1-c1cccc(F)c1. The topological polar surface area (TPSA) is 89.3 Å². The van der Waals surface area contributed by atoms with Crippen LogP contribution in [-0.2, 0) is 14.8 Å². The fourth-order valence-corrected chi connectivity index (χ4v) is 4.48. The highest BCUT2D eigenvalue weighted by atomic mass is 32.2. The molecule has 11 heteroatoms. The second-order valence-corrected chi connectivity index (χ2v) is 9.03. The Morgan fingerprint density at radius 1 is 1.30 bits per heavy atom. The summed E-state index contributed by atoms with van der Waals surface area (Å²) in [5.74, 6) is 0.887. The van der Waals surface area contributed by atoms with Gasteiger partial charge >= 0.3 is 0 Å². The normalized spacial score (nSPS) is 15.3. The molecule has 0 aliphatic carbocycles. The number of nitrogens with zero attached hydrogens (tertiary/aromatic N) is 4. The molecule has 1 aliphatic rings. The van der Waals surface area contributed by atoms with E-state index in [9.17, 15) is 12.8 Å². The minimum atomic E-state index is -3.23. The van der Waals surface area contributed by atoms with Gasteiger partial charge in [-0.25, -0.2) is 17.5 Å². The van der Waals surface area contributed by atoms with Gasteiger partial charge in [-0.2, -0.15) is 0 Å². The van der Waals surface area contributed by atoms with E-state index in [-0.39, 0.29) is 11.6 Å². The minimum absolute atomic E-state index is 0.0426. The Morgan fingerprint density at radius 3 is 2.78 bits per heavy atom. The van der Waals surface area contributed by atoms with Crippen molar-refractivity contribution in [3.05, 3.63) is 30.1 Å². The molecule has 0 bridgehead atoms. The third-order valence-corrected chi connectivity index (χ3v) is 6.54. The zero-order chi connectivity index (χ0) is 19.3. The Balaban J connectivity index is 1.81. The number of nitrogens with one attached hydrogen (secondary N) is 1. The standard InChI is InChI=1S/C16H22FN5O3S2/c1-18-27(23,24)11-3-10-26-16-20-19-15(21-6-8-25-9-7-21)22(16)14-5-2-4-13(17)12-14/h2,4-5,12,18H,3,6-11H2,1H3. The molecule has 1 aromatic heterocycles. The fraction of sp³-hybridized carbons (Fsp3) is 0.500. The van der Waals surface area contributed by atoms with Crippen molar-refractivity contribution in [2.45, 2.75) is 11.6 Å². The maximum Gasteiger partial charge on any atom is 0.232 e. The van der Waals surface area contributed by atoms with Crippen LogP contribution in [0.5, 0.6) is 0 Å². The van der Waals surface area contributed by atoms with E-state index in [0.717, 1.165) is 0 Å². The van der Waals surface area contributed by atoms with Crippen molar-refractivity contribution < 1.29 is 17.5 Å². The molecule has 148 valence electrons. The molecule has 0 radical (unpaired) electrons. The van der Waals surface area contributed by atoms with E-state index in [2.05, 4.69) is 19.8 Å². The molecule has 27 heavy (non-hydrogen) atoms. The third kappa shape index (κ3) is 5.18. The molecule has 1 N–H and O–H groups in total. The van der Waals surface area contributed by atoms with Crippen molar-refractivity contribution >= 4 is 27.7 Å². The van der Waals surface area contributed by atoms with Crippen LogP contribution in [0.15, 0.2) is 29.4 Å². The lowest BCUT2D eigenvalue weighted by molar-refractivity contribution is 0.122. The maximum atomic E-state index is 13.8. The maximum absolute atomic E-state index is 13.8. The Morgan fingerprint density at radius 2 is 2.07 bits per heavy atom. The van der Waals surface area contributed by atoms with Gasteiger partial charge in [-0.05, 0) is 31.7 Å². The van der Waals surface area contributed by atoms with E-state index < -0.39 is 10.0 Å². The zero-order valence-corrected chi connectivity index (χ0v) is 16.6. The summed E-state index contributed by atoms with van der Waals surface area (Å²) in [6, 6.07) is 6.26. The predicted molar refractivity (Wildman–Crippen MR) is 103 cm³/mol. The van der Waals surface area contributed by atoms with Gasteiger partial charge in [-0.1, -0.05) is 17.8 Å². The van der Waals surface area contributed by atoms with Crippen LogP contribution in [0.25, 0.3) is 5.69 Å². The molecule has 1 fully saturated rings. The largest absolute Gasteiger partial charge is 0.378 e. The number of benzene rings is 1. The second-order valence-electron chi connectivity index (χ2n) is 5.92. The summed E-state index contributed by atoms with van der Waals surface area (Å²) in [4.78, 5) is 2.05. The first-order valence-electron chi connectivity index (χ1n) is 8.58. The first kappa shape index (κ1) is 20.1. The van der Waals surface area contributed by atoms with E-state index in [0.29, 0.717) is 55.3 Å². The van der Waals surface area contributed by atoms with E-state index in [1.807, 2.05) is 4.57 Å². The fourth-order valence-electron chi connectivity index (χ4n) is 2.68. The van der Waals surface area contributed by atoms with Crippen molar-refractivity contribution in [2.75, 3.05) is 49.8 Å². The molecule has 3 rings (SSSR count). The zero-order valence-electron chi connectivity index (χ0n) is 15.0.